The molecular weight excluding hydrogens is 509 g/mol. The molecule has 0 aromatic rings. The predicted octanol–water partition coefficient (Wildman–Crippen LogP) is 6.09. The van der Waals surface area contributed by atoms with Crippen LogP contribution in [0.3, 0.4) is 0 Å². The molecule has 1 aliphatic rings. The van der Waals surface area contributed by atoms with Crippen molar-refractivity contribution in [3.63, 3.8) is 0 Å². The SMILES string of the molecule is CCCCOC(O)(CCC)OCCCC.[CH3][Ge]([CH3])([C]1=[C-]CC=C1)[C](F)(F)F.[Zr]. The summed E-state index contributed by atoms with van der Waals surface area (Å²) in [6.45, 7) is 7.34. The zero-order chi connectivity index (χ0) is 21.0. The Morgan fingerprint density at radius 1 is 1.04 bits per heavy atom. The molecule has 1 aliphatic carbocycles. The van der Waals surface area contributed by atoms with Crippen molar-refractivity contribution in [2.75, 3.05) is 13.2 Å². The van der Waals surface area contributed by atoms with Crippen molar-refractivity contribution in [2.45, 2.75) is 88.2 Å². The standard InChI is InChI=1S/C12H26O3.C8H10F3Ge.Zr/c1-4-7-10-14-12(13,9-6-3)15-11-8-5-2;1-12(2,8(9,10)11)7-5-3-4-6-7;/h13H,4-11H2,1-3H3;3,5H,4H2,1-2H3;/q;-1;. The predicted molar refractivity (Wildman–Crippen MR) is 106 cm³/mol. The molecule has 0 saturated carbocycles. The van der Waals surface area contributed by atoms with Gasteiger partial charge in [-0.05, 0) is 19.3 Å². The fourth-order valence-corrected chi connectivity index (χ4v) is 5.14. The van der Waals surface area contributed by atoms with E-state index in [2.05, 4.69) is 19.9 Å². The van der Waals surface area contributed by atoms with Crippen molar-refractivity contribution in [3.05, 3.63) is 22.6 Å². The molecule has 0 aromatic carbocycles. The molecule has 0 bridgehead atoms. The molecule has 0 amide bonds. The van der Waals surface area contributed by atoms with Crippen molar-refractivity contribution in [3.8, 4) is 0 Å². The van der Waals surface area contributed by atoms with Crippen molar-refractivity contribution in [1.29, 1.82) is 0 Å². The van der Waals surface area contributed by atoms with Crippen LogP contribution in [-0.4, -0.2) is 42.6 Å². The van der Waals surface area contributed by atoms with Gasteiger partial charge in [0.15, 0.2) is 0 Å². The average Bonchev–Trinajstić information content (AvgIpc) is 3.10. The van der Waals surface area contributed by atoms with Gasteiger partial charge in [-0.25, -0.2) is 0 Å². The van der Waals surface area contributed by atoms with Crippen LogP contribution >= 0.6 is 0 Å². The minimum atomic E-state index is -4.00. The molecule has 28 heavy (non-hydrogen) atoms. The van der Waals surface area contributed by atoms with Gasteiger partial charge in [0.1, 0.15) is 0 Å². The summed E-state index contributed by atoms with van der Waals surface area (Å²) in [5.41, 5.74) is 0. The van der Waals surface area contributed by atoms with Crippen molar-refractivity contribution < 1.29 is 54.0 Å². The second-order valence-electron chi connectivity index (χ2n) is 7.19. The topological polar surface area (TPSA) is 38.7 Å². The van der Waals surface area contributed by atoms with Crippen LogP contribution < -0.4 is 0 Å². The van der Waals surface area contributed by atoms with Crippen molar-refractivity contribution >= 4 is 13.3 Å². The maximum atomic E-state index is 12.5. The Labute approximate surface area is 190 Å². The molecule has 0 unspecified atom stereocenters. The summed E-state index contributed by atoms with van der Waals surface area (Å²) >= 11 is -3.77. The number of aliphatic hydroxyl groups is 1. The molecule has 0 heterocycles. The van der Waals surface area contributed by atoms with E-state index in [0.29, 0.717) is 30.5 Å². The molecule has 0 fully saturated rings. The van der Waals surface area contributed by atoms with Crippen molar-refractivity contribution in [2.24, 2.45) is 0 Å². The maximum absolute atomic E-state index is 12.5. The Morgan fingerprint density at radius 3 is 1.86 bits per heavy atom. The van der Waals surface area contributed by atoms with Crippen LogP contribution in [0.1, 0.15) is 65.7 Å². The number of allylic oxidation sites excluding steroid dienone is 4. The average molecular weight is 545 g/mol. The fourth-order valence-electron chi connectivity index (χ4n) is 2.24. The van der Waals surface area contributed by atoms with Gasteiger partial charge in [-0.2, -0.15) is 0 Å². The van der Waals surface area contributed by atoms with Crippen LogP contribution in [0.4, 0.5) is 13.2 Å². The number of rotatable bonds is 11. The normalized spacial score (nSPS) is 14.2. The monoisotopic (exact) mass is 545 g/mol. The molecule has 3 nitrogen and oxygen atoms in total. The van der Waals surface area contributed by atoms with Gasteiger partial charge < -0.3 is 14.6 Å². The van der Waals surface area contributed by atoms with Crippen LogP contribution in [-0.2, 0) is 35.7 Å². The third-order valence-corrected chi connectivity index (χ3v) is 10.8. The minimum Gasteiger partial charge on any atom is 0 e. The van der Waals surface area contributed by atoms with Crippen LogP contribution in [0.25, 0.3) is 0 Å². The maximum Gasteiger partial charge on any atom is 0 e. The van der Waals surface area contributed by atoms with Crippen LogP contribution in [0.15, 0.2) is 16.6 Å². The smallest absolute Gasteiger partial charge is 0 e. The number of unbranched alkanes of at least 4 members (excludes halogenated alkanes) is 2. The summed E-state index contributed by atoms with van der Waals surface area (Å²) in [6.07, 6.45) is 12.1. The summed E-state index contributed by atoms with van der Waals surface area (Å²) in [4.78, 5) is 0. The van der Waals surface area contributed by atoms with Crippen LogP contribution in [0.5, 0.6) is 0 Å². The molecule has 1 N–H and O–H groups in total. The second-order valence-corrected chi connectivity index (χ2v) is 16.3. The molecule has 0 saturated heterocycles. The van der Waals surface area contributed by atoms with E-state index in [1.807, 2.05) is 6.92 Å². The summed E-state index contributed by atoms with van der Waals surface area (Å²) < 4.78 is 48.6. The van der Waals surface area contributed by atoms with E-state index >= 15 is 0 Å². The molecule has 8 heteroatoms. The van der Waals surface area contributed by atoms with Crippen LogP contribution in [0, 0.1) is 6.08 Å². The van der Waals surface area contributed by atoms with E-state index in [4.69, 9.17) is 9.47 Å². The first kappa shape index (κ1) is 30.8. The summed E-state index contributed by atoms with van der Waals surface area (Å²) in [6, 6.07) is 0. The number of alkyl halides is 3. The van der Waals surface area contributed by atoms with Gasteiger partial charge in [0.05, 0.1) is 13.2 Å². The number of hydrogen-bond donors (Lipinski definition) is 1. The first-order chi connectivity index (χ1) is 12.5. The fraction of sp³-hybridized carbons (Fsp3) is 0.800. The van der Waals surface area contributed by atoms with Gasteiger partial charge in [0.25, 0.3) is 5.97 Å². The number of halogens is 3. The number of hydrogen-bond acceptors (Lipinski definition) is 3. The second kappa shape index (κ2) is 15.4. The Morgan fingerprint density at radius 2 is 1.54 bits per heavy atom. The van der Waals surface area contributed by atoms with Gasteiger partial charge in [-0.15, -0.1) is 0 Å². The molecule has 0 atom stereocenters. The third-order valence-electron chi connectivity index (χ3n) is 4.29. The van der Waals surface area contributed by atoms with Crippen LogP contribution in [0.2, 0.25) is 11.5 Å². The first-order valence-electron chi connectivity index (χ1n) is 9.88. The quantitative estimate of drug-likeness (QED) is 0.148. The zero-order valence-electron chi connectivity index (χ0n) is 17.9. The Bertz CT molecular complexity index is 456. The molecule has 0 spiro atoms. The Kier molecular flexibility index (Phi) is 16.9. The van der Waals surface area contributed by atoms with Gasteiger partial charge >= 0.3 is 72.0 Å². The third kappa shape index (κ3) is 11.7. The molecule has 1 rings (SSSR count). The van der Waals surface area contributed by atoms with E-state index in [0.717, 1.165) is 32.1 Å². The summed E-state index contributed by atoms with van der Waals surface area (Å²) in [5.74, 6) is 1.37. The van der Waals surface area contributed by atoms with Gasteiger partial charge in [0.2, 0.25) is 0 Å². The van der Waals surface area contributed by atoms with E-state index in [1.54, 1.807) is 12.2 Å². The summed E-state index contributed by atoms with van der Waals surface area (Å²) in [7, 11) is 0. The largest absolute Gasteiger partial charge is 0 e. The molecule has 0 aromatic heterocycles. The van der Waals surface area contributed by atoms with E-state index in [-0.39, 0.29) is 26.2 Å². The van der Waals surface area contributed by atoms with Gasteiger partial charge in [-0.3, -0.25) is 0 Å². The molecule has 0 aliphatic heterocycles. The van der Waals surface area contributed by atoms with Gasteiger partial charge in [-0.1, -0.05) is 33.6 Å². The van der Waals surface area contributed by atoms with Gasteiger partial charge in [0, 0.05) is 32.6 Å². The summed E-state index contributed by atoms with van der Waals surface area (Å²) in [5, 5.41) is 6.02. The van der Waals surface area contributed by atoms with E-state index in [9.17, 15) is 18.3 Å². The molecular formula is C20H36F3GeO3Zr-. The minimum absolute atomic E-state index is 0. The molecule has 164 valence electrons. The number of ether oxygens (including phenoxy) is 2. The van der Waals surface area contributed by atoms with E-state index < -0.39 is 24.2 Å². The van der Waals surface area contributed by atoms with E-state index in [1.165, 1.54) is 11.5 Å². The first-order valence-corrected chi connectivity index (χ1v) is 16.2. The van der Waals surface area contributed by atoms with Crippen molar-refractivity contribution in [1.82, 2.24) is 0 Å². The zero-order valence-corrected chi connectivity index (χ0v) is 22.5. The Balaban J connectivity index is 0. The Hall–Kier alpha value is 0.576. The molecule has 0 radical (unpaired) electrons.